The maximum absolute atomic E-state index is 12.3. The van der Waals surface area contributed by atoms with E-state index in [4.69, 9.17) is 0 Å². The Hall–Kier alpha value is -0.890. The zero-order valence-electron chi connectivity index (χ0n) is 10.2. The summed E-state index contributed by atoms with van der Waals surface area (Å²) < 4.78 is 36.8. The van der Waals surface area contributed by atoms with E-state index in [0.717, 1.165) is 5.56 Å². The fourth-order valence-electron chi connectivity index (χ4n) is 1.94. The highest BCUT2D eigenvalue weighted by Crippen LogP contribution is 2.18. The van der Waals surface area contributed by atoms with Crippen LogP contribution in [0.2, 0.25) is 0 Å². The van der Waals surface area contributed by atoms with Crippen LogP contribution in [0.1, 0.15) is 5.56 Å². The van der Waals surface area contributed by atoms with Gasteiger partial charge in [-0.25, -0.2) is 9.97 Å². The molecule has 0 saturated carbocycles. The van der Waals surface area contributed by atoms with Gasteiger partial charge in [0.2, 0.25) is 5.95 Å². The van der Waals surface area contributed by atoms with Gasteiger partial charge in [-0.2, -0.15) is 13.2 Å². The van der Waals surface area contributed by atoms with Crippen LogP contribution in [-0.2, 0) is 5.33 Å². The SMILES string of the molecule is FC(F)(F)CN1CCN(c2ncc(CBr)cn2)CC1. The monoisotopic (exact) mass is 338 g/mol. The third-order valence-corrected chi connectivity index (χ3v) is 3.55. The molecule has 1 aliphatic rings. The van der Waals surface area contributed by atoms with E-state index in [9.17, 15) is 13.2 Å². The van der Waals surface area contributed by atoms with E-state index in [0.29, 0.717) is 37.5 Å². The summed E-state index contributed by atoms with van der Waals surface area (Å²) in [5.74, 6) is 0.580. The maximum Gasteiger partial charge on any atom is 0.401 e. The third-order valence-electron chi connectivity index (χ3n) is 2.90. The van der Waals surface area contributed by atoms with Crippen molar-refractivity contribution < 1.29 is 13.2 Å². The van der Waals surface area contributed by atoms with Crippen molar-refractivity contribution in [3.8, 4) is 0 Å². The summed E-state index contributed by atoms with van der Waals surface area (Å²) in [5, 5.41) is 0.687. The first-order valence-electron chi connectivity index (χ1n) is 5.89. The van der Waals surface area contributed by atoms with Crippen LogP contribution in [0.25, 0.3) is 0 Å². The van der Waals surface area contributed by atoms with Crippen LogP contribution in [-0.4, -0.2) is 53.8 Å². The molecule has 0 bridgehead atoms. The van der Waals surface area contributed by atoms with Gasteiger partial charge in [-0.05, 0) is 5.56 Å². The Morgan fingerprint density at radius 3 is 2.16 bits per heavy atom. The summed E-state index contributed by atoms with van der Waals surface area (Å²) >= 11 is 3.31. The van der Waals surface area contributed by atoms with E-state index in [2.05, 4.69) is 25.9 Å². The smallest absolute Gasteiger partial charge is 0.338 e. The van der Waals surface area contributed by atoms with E-state index < -0.39 is 12.7 Å². The van der Waals surface area contributed by atoms with Gasteiger partial charge in [-0.3, -0.25) is 4.90 Å². The molecule has 0 amide bonds. The predicted molar refractivity (Wildman–Crippen MR) is 69.4 cm³/mol. The van der Waals surface area contributed by atoms with Crippen LogP contribution in [0, 0.1) is 0 Å². The fourth-order valence-corrected chi connectivity index (χ4v) is 2.23. The maximum atomic E-state index is 12.3. The Kier molecular flexibility index (Phi) is 4.62. The lowest BCUT2D eigenvalue weighted by molar-refractivity contribution is -0.146. The summed E-state index contributed by atoms with van der Waals surface area (Å²) in [5.41, 5.74) is 0.972. The Bertz CT molecular complexity index is 401. The topological polar surface area (TPSA) is 32.3 Å². The Labute approximate surface area is 117 Å². The zero-order valence-corrected chi connectivity index (χ0v) is 11.8. The van der Waals surface area contributed by atoms with Crippen LogP contribution >= 0.6 is 15.9 Å². The Balaban J connectivity index is 1.88. The van der Waals surface area contributed by atoms with Crippen LogP contribution in [0.4, 0.5) is 19.1 Å². The minimum absolute atomic E-state index is 0.378. The molecule has 1 aromatic heterocycles. The van der Waals surface area contributed by atoms with Crippen molar-refractivity contribution in [3.63, 3.8) is 0 Å². The van der Waals surface area contributed by atoms with Crippen LogP contribution in [0.5, 0.6) is 0 Å². The van der Waals surface area contributed by atoms with Gasteiger partial charge in [0, 0.05) is 43.9 Å². The quantitative estimate of drug-likeness (QED) is 0.789. The molecule has 19 heavy (non-hydrogen) atoms. The summed E-state index contributed by atoms with van der Waals surface area (Å²) in [6.45, 7) is 0.948. The molecular weight excluding hydrogens is 325 g/mol. The molecule has 1 saturated heterocycles. The molecule has 8 heteroatoms. The minimum Gasteiger partial charge on any atom is -0.338 e. The zero-order chi connectivity index (χ0) is 13.9. The predicted octanol–water partition coefficient (Wildman–Crippen LogP) is 2.06. The lowest BCUT2D eigenvalue weighted by Crippen LogP contribution is -2.49. The number of halogens is 4. The molecule has 1 fully saturated rings. The standard InChI is InChI=1S/C11H14BrF3N4/c12-5-9-6-16-10(17-7-9)19-3-1-18(2-4-19)8-11(13,14)15/h6-7H,1-5,8H2. The average Bonchev–Trinajstić information content (AvgIpc) is 2.38. The molecule has 0 aromatic carbocycles. The van der Waals surface area contributed by atoms with Gasteiger partial charge in [0.1, 0.15) is 0 Å². The molecule has 4 nitrogen and oxygen atoms in total. The molecule has 2 rings (SSSR count). The number of hydrogen-bond acceptors (Lipinski definition) is 4. The number of alkyl halides is 4. The van der Waals surface area contributed by atoms with E-state index in [-0.39, 0.29) is 0 Å². The number of anilines is 1. The van der Waals surface area contributed by atoms with E-state index in [1.807, 2.05) is 4.90 Å². The summed E-state index contributed by atoms with van der Waals surface area (Å²) in [4.78, 5) is 11.7. The minimum atomic E-state index is -4.13. The van der Waals surface area contributed by atoms with Crippen molar-refractivity contribution >= 4 is 21.9 Å². The highest BCUT2D eigenvalue weighted by molar-refractivity contribution is 9.08. The second-order valence-electron chi connectivity index (χ2n) is 4.40. The third kappa shape index (κ3) is 4.31. The van der Waals surface area contributed by atoms with Gasteiger partial charge in [0.05, 0.1) is 6.54 Å². The van der Waals surface area contributed by atoms with Gasteiger partial charge in [-0.1, -0.05) is 15.9 Å². The first-order chi connectivity index (χ1) is 8.98. The molecule has 0 spiro atoms. The molecule has 106 valence electrons. The molecule has 0 radical (unpaired) electrons. The number of hydrogen-bond donors (Lipinski definition) is 0. The molecule has 1 aliphatic heterocycles. The van der Waals surface area contributed by atoms with Gasteiger partial charge in [-0.15, -0.1) is 0 Å². The molecule has 1 aromatic rings. The molecule has 0 aliphatic carbocycles. The van der Waals surface area contributed by atoms with Crippen molar-refractivity contribution in [2.75, 3.05) is 37.6 Å². The lowest BCUT2D eigenvalue weighted by Gasteiger charge is -2.34. The highest BCUT2D eigenvalue weighted by atomic mass is 79.9. The highest BCUT2D eigenvalue weighted by Gasteiger charge is 2.32. The average molecular weight is 339 g/mol. The number of nitrogens with zero attached hydrogens (tertiary/aromatic N) is 4. The normalized spacial score (nSPS) is 17.8. The van der Waals surface area contributed by atoms with Gasteiger partial charge in [0.25, 0.3) is 0 Å². The van der Waals surface area contributed by atoms with E-state index in [1.54, 1.807) is 12.4 Å². The molecule has 2 heterocycles. The summed E-state index contributed by atoms with van der Waals surface area (Å²) in [7, 11) is 0. The van der Waals surface area contributed by atoms with Crippen molar-refractivity contribution in [2.45, 2.75) is 11.5 Å². The molecule has 0 atom stereocenters. The van der Waals surface area contributed by atoms with Crippen molar-refractivity contribution in [1.82, 2.24) is 14.9 Å². The van der Waals surface area contributed by atoms with Gasteiger partial charge >= 0.3 is 6.18 Å². The first kappa shape index (κ1) is 14.5. The number of rotatable bonds is 3. The molecular formula is C11H14BrF3N4. The van der Waals surface area contributed by atoms with E-state index >= 15 is 0 Å². The number of aromatic nitrogens is 2. The first-order valence-corrected chi connectivity index (χ1v) is 7.01. The van der Waals surface area contributed by atoms with Gasteiger partial charge < -0.3 is 4.90 Å². The van der Waals surface area contributed by atoms with Crippen molar-refractivity contribution in [2.24, 2.45) is 0 Å². The Morgan fingerprint density at radius 2 is 1.68 bits per heavy atom. The van der Waals surface area contributed by atoms with Gasteiger partial charge in [0.15, 0.2) is 0 Å². The Morgan fingerprint density at radius 1 is 1.11 bits per heavy atom. The summed E-state index contributed by atoms with van der Waals surface area (Å²) in [6.07, 6.45) is -0.686. The van der Waals surface area contributed by atoms with Crippen LogP contribution in [0.15, 0.2) is 12.4 Å². The van der Waals surface area contributed by atoms with Crippen molar-refractivity contribution in [3.05, 3.63) is 18.0 Å². The molecule has 0 unspecified atom stereocenters. The second kappa shape index (κ2) is 6.04. The lowest BCUT2D eigenvalue weighted by atomic mass is 10.3. The largest absolute Gasteiger partial charge is 0.401 e. The second-order valence-corrected chi connectivity index (χ2v) is 4.96. The van der Waals surface area contributed by atoms with Crippen LogP contribution in [0.3, 0.4) is 0 Å². The summed E-state index contributed by atoms with van der Waals surface area (Å²) in [6, 6.07) is 0. The fraction of sp³-hybridized carbons (Fsp3) is 0.636. The van der Waals surface area contributed by atoms with E-state index in [1.165, 1.54) is 4.90 Å². The number of piperazine rings is 1. The molecule has 0 N–H and O–H groups in total. The van der Waals surface area contributed by atoms with Crippen molar-refractivity contribution in [1.29, 1.82) is 0 Å². The van der Waals surface area contributed by atoms with Crippen LogP contribution < -0.4 is 4.90 Å².